The van der Waals surface area contributed by atoms with Gasteiger partial charge in [-0.25, -0.2) is 4.39 Å². The van der Waals surface area contributed by atoms with Crippen molar-refractivity contribution in [2.45, 2.75) is 9.96 Å². The summed E-state index contributed by atoms with van der Waals surface area (Å²) in [5, 5.41) is 5.49. The Labute approximate surface area is 161 Å². The summed E-state index contributed by atoms with van der Waals surface area (Å²) in [5.41, 5.74) is 0.947. The van der Waals surface area contributed by atoms with E-state index in [4.69, 9.17) is 34.8 Å². The highest BCUT2D eigenvalue weighted by Gasteiger charge is 2.34. The largest absolute Gasteiger partial charge is 0.362 e. The first-order valence-corrected chi connectivity index (χ1v) is 8.62. The smallest absolute Gasteiger partial charge is 0.253 e. The lowest BCUT2D eigenvalue weighted by Gasteiger charge is -2.27. The molecule has 0 bridgehead atoms. The number of hydrogen-bond acceptors (Lipinski definition) is 2. The van der Waals surface area contributed by atoms with Crippen molar-refractivity contribution in [3.63, 3.8) is 0 Å². The minimum Gasteiger partial charge on any atom is -0.362 e. The van der Waals surface area contributed by atoms with E-state index >= 15 is 0 Å². The Bertz CT molecular complexity index is 692. The molecule has 0 aromatic heterocycles. The molecule has 2 N–H and O–H groups in total. The van der Waals surface area contributed by atoms with Crippen LogP contribution in [-0.4, -0.2) is 15.9 Å². The molecular weight excluding hydrogens is 476 g/mol. The number of alkyl halides is 3. The zero-order chi connectivity index (χ0) is 17.0. The van der Waals surface area contributed by atoms with Crippen molar-refractivity contribution < 1.29 is 9.18 Å². The van der Waals surface area contributed by atoms with Crippen LogP contribution in [0.15, 0.2) is 48.5 Å². The van der Waals surface area contributed by atoms with E-state index in [9.17, 15) is 9.18 Å². The summed E-state index contributed by atoms with van der Waals surface area (Å²) in [6.45, 7) is 0. The summed E-state index contributed by atoms with van der Waals surface area (Å²) in [4.78, 5) is 12.3. The van der Waals surface area contributed by atoms with Crippen molar-refractivity contribution in [1.29, 1.82) is 0 Å². The molecule has 0 aliphatic heterocycles. The molecule has 0 aliphatic carbocycles. The van der Waals surface area contributed by atoms with Crippen LogP contribution in [0.1, 0.15) is 10.4 Å². The average molecular weight is 488 g/mol. The first-order chi connectivity index (χ1) is 10.8. The van der Waals surface area contributed by atoms with Crippen molar-refractivity contribution in [1.82, 2.24) is 5.32 Å². The minimum atomic E-state index is -1.80. The topological polar surface area (TPSA) is 41.1 Å². The van der Waals surface area contributed by atoms with E-state index in [1.165, 1.54) is 24.3 Å². The Morgan fingerprint density at radius 3 is 2.35 bits per heavy atom. The van der Waals surface area contributed by atoms with Crippen LogP contribution >= 0.6 is 57.4 Å². The van der Waals surface area contributed by atoms with Crippen LogP contribution < -0.4 is 10.6 Å². The average Bonchev–Trinajstić information content (AvgIpc) is 2.47. The van der Waals surface area contributed by atoms with Gasteiger partial charge in [-0.2, -0.15) is 0 Å². The van der Waals surface area contributed by atoms with Gasteiger partial charge in [0.2, 0.25) is 3.79 Å². The fourth-order valence-corrected chi connectivity index (χ4v) is 2.63. The van der Waals surface area contributed by atoms with E-state index in [-0.39, 0.29) is 5.82 Å². The molecule has 1 atom stereocenters. The third-order valence-corrected chi connectivity index (χ3v) is 4.17. The van der Waals surface area contributed by atoms with Crippen LogP contribution in [0.4, 0.5) is 10.1 Å². The Hall–Kier alpha value is -0.760. The second-order valence-electron chi connectivity index (χ2n) is 4.61. The molecule has 0 spiro atoms. The Kier molecular flexibility index (Phi) is 6.36. The number of benzene rings is 2. The van der Waals surface area contributed by atoms with E-state index in [2.05, 4.69) is 33.2 Å². The van der Waals surface area contributed by atoms with Crippen molar-refractivity contribution in [3.8, 4) is 0 Å². The van der Waals surface area contributed by atoms with E-state index in [0.717, 1.165) is 3.57 Å². The highest BCUT2D eigenvalue weighted by molar-refractivity contribution is 14.1. The number of halogens is 5. The summed E-state index contributed by atoms with van der Waals surface area (Å²) in [5.74, 6) is -0.779. The molecule has 2 aromatic carbocycles. The van der Waals surface area contributed by atoms with Crippen LogP contribution in [0.2, 0.25) is 0 Å². The molecule has 0 radical (unpaired) electrons. The molecule has 2 aromatic rings. The molecule has 0 heterocycles. The lowest BCUT2D eigenvalue weighted by molar-refractivity contribution is 0.0942. The van der Waals surface area contributed by atoms with Crippen molar-refractivity contribution in [3.05, 3.63) is 63.5 Å². The van der Waals surface area contributed by atoms with Gasteiger partial charge < -0.3 is 10.6 Å². The first-order valence-electron chi connectivity index (χ1n) is 6.41. The molecule has 1 amide bonds. The molecule has 0 aliphatic rings. The predicted molar refractivity (Wildman–Crippen MR) is 101 cm³/mol. The van der Waals surface area contributed by atoms with E-state index in [1.54, 1.807) is 18.2 Å². The lowest BCUT2D eigenvalue weighted by atomic mass is 10.2. The van der Waals surface area contributed by atoms with Gasteiger partial charge in [-0.3, -0.25) is 4.79 Å². The quantitative estimate of drug-likeness (QED) is 0.363. The van der Waals surface area contributed by atoms with Crippen molar-refractivity contribution in [2.24, 2.45) is 0 Å². The number of carbonyl (C=O) groups excluding carboxylic acids is 1. The van der Waals surface area contributed by atoms with Gasteiger partial charge in [0, 0.05) is 14.8 Å². The Morgan fingerprint density at radius 2 is 1.78 bits per heavy atom. The lowest BCUT2D eigenvalue weighted by Crippen LogP contribution is -2.49. The molecule has 0 saturated heterocycles. The molecular formula is C15H11Cl3FIN2O. The highest BCUT2D eigenvalue weighted by Crippen LogP contribution is 2.31. The Morgan fingerprint density at radius 1 is 1.13 bits per heavy atom. The van der Waals surface area contributed by atoms with Crippen LogP contribution in [0.5, 0.6) is 0 Å². The number of carbonyl (C=O) groups is 1. The molecule has 23 heavy (non-hydrogen) atoms. The van der Waals surface area contributed by atoms with Gasteiger partial charge in [-0.1, -0.05) is 40.9 Å². The fourth-order valence-electron chi connectivity index (χ4n) is 1.76. The summed E-state index contributed by atoms with van der Waals surface area (Å²) in [6.07, 6.45) is -0.997. The second-order valence-corrected chi connectivity index (χ2v) is 8.22. The summed E-state index contributed by atoms with van der Waals surface area (Å²) >= 11 is 19.9. The standard InChI is InChI=1S/C15H11Cl3FIN2O/c16-15(17,18)14(21-12-6-4-10(19)5-7-12)22-13(23)9-2-1-3-11(20)8-9/h1-8,14,21H,(H,22,23)/t14-/m0/s1. The SMILES string of the molecule is O=C(N[C@H](Nc1ccc(F)cc1)C(Cl)(Cl)Cl)c1cccc(I)c1. The van der Waals surface area contributed by atoms with E-state index in [1.807, 2.05) is 6.07 Å². The normalized spacial score (nSPS) is 12.6. The van der Waals surface area contributed by atoms with Gasteiger partial charge in [0.25, 0.3) is 5.91 Å². The van der Waals surface area contributed by atoms with E-state index in [0.29, 0.717) is 11.3 Å². The van der Waals surface area contributed by atoms with Gasteiger partial charge in [-0.15, -0.1) is 0 Å². The number of hydrogen-bond donors (Lipinski definition) is 2. The zero-order valence-corrected chi connectivity index (χ0v) is 15.9. The predicted octanol–water partition coefficient (Wildman–Crippen LogP) is 4.97. The van der Waals surface area contributed by atoms with Gasteiger partial charge in [0.05, 0.1) is 0 Å². The van der Waals surface area contributed by atoms with Gasteiger partial charge >= 0.3 is 0 Å². The maximum Gasteiger partial charge on any atom is 0.253 e. The van der Waals surface area contributed by atoms with Gasteiger partial charge in [-0.05, 0) is 65.1 Å². The van der Waals surface area contributed by atoms with Crippen LogP contribution in [0.25, 0.3) is 0 Å². The molecule has 3 nitrogen and oxygen atoms in total. The molecule has 8 heteroatoms. The first kappa shape index (κ1) is 18.6. The maximum atomic E-state index is 13.0. The second kappa shape index (κ2) is 7.88. The third-order valence-electron chi connectivity index (χ3n) is 2.84. The van der Waals surface area contributed by atoms with Gasteiger partial charge in [0.15, 0.2) is 0 Å². The number of nitrogens with one attached hydrogen (secondary N) is 2. The summed E-state index contributed by atoms with van der Waals surface area (Å²) in [6, 6.07) is 12.5. The number of rotatable bonds is 4. The zero-order valence-electron chi connectivity index (χ0n) is 11.5. The number of anilines is 1. The monoisotopic (exact) mass is 486 g/mol. The van der Waals surface area contributed by atoms with Crippen LogP contribution in [-0.2, 0) is 0 Å². The fraction of sp³-hybridized carbons (Fsp3) is 0.133. The summed E-state index contributed by atoms with van der Waals surface area (Å²) < 4.78 is 12.1. The van der Waals surface area contributed by atoms with E-state index < -0.39 is 15.9 Å². The van der Waals surface area contributed by atoms with Gasteiger partial charge in [0.1, 0.15) is 12.0 Å². The summed E-state index contributed by atoms with van der Waals surface area (Å²) in [7, 11) is 0. The van der Waals surface area contributed by atoms with Crippen molar-refractivity contribution in [2.75, 3.05) is 5.32 Å². The highest BCUT2D eigenvalue weighted by atomic mass is 127. The maximum absolute atomic E-state index is 13.0. The Balaban J connectivity index is 2.16. The molecule has 0 fully saturated rings. The minimum absolute atomic E-state index is 0.385. The molecule has 0 saturated carbocycles. The molecule has 0 unspecified atom stereocenters. The molecule has 122 valence electrons. The number of amides is 1. The van der Waals surface area contributed by atoms with Crippen LogP contribution in [0, 0.1) is 9.39 Å². The van der Waals surface area contributed by atoms with Crippen molar-refractivity contribution >= 4 is 69.0 Å². The third kappa shape index (κ3) is 5.67. The van der Waals surface area contributed by atoms with Crippen LogP contribution in [0.3, 0.4) is 0 Å². The molecule has 2 rings (SSSR count).